The van der Waals surface area contributed by atoms with Gasteiger partial charge in [-0.3, -0.25) is 4.79 Å². The van der Waals surface area contributed by atoms with E-state index < -0.39 is 12.6 Å². The fraction of sp³-hybridized carbons (Fsp3) is 0.917. The monoisotopic (exact) mass is 251 g/mol. The molecule has 0 aromatic rings. The summed E-state index contributed by atoms with van der Waals surface area (Å²) in [4.78, 5) is 11.8. The van der Waals surface area contributed by atoms with E-state index in [1.54, 1.807) is 0 Å². The third kappa shape index (κ3) is 5.52. The van der Waals surface area contributed by atoms with Crippen molar-refractivity contribution in [2.45, 2.75) is 63.6 Å². The van der Waals surface area contributed by atoms with Gasteiger partial charge in [0.25, 0.3) is 0 Å². The van der Waals surface area contributed by atoms with Crippen LogP contribution in [0.15, 0.2) is 0 Å². The quantitative estimate of drug-likeness (QED) is 0.780. The van der Waals surface area contributed by atoms with Crippen molar-refractivity contribution < 1.29 is 18.0 Å². The first-order valence-electron chi connectivity index (χ1n) is 6.25. The van der Waals surface area contributed by atoms with Crippen molar-refractivity contribution in [3.63, 3.8) is 0 Å². The Bertz CT molecular complexity index is 253. The summed E-state index contributed by atoms with van der Waals surface area (Å²) < 4.78 is 35.9. The van der Waals surface area contributed by atoms with Gasteiger partial charge in [0.1, 0.15) is 5.78 Å². The van der Waals surface area contributed by atoms with Gasteiger partial charge >= 0.3 is 6.18 Å². The van der Waals surface area contributed by atoms with Gasteiger partial charge < -0.3 is 5.73 Å². The highest BCUT2D eigenvalue weighted by Gasteiger charge is 2.29. The smallest absolute Gasteiger partial charge is 0.327 e. The first-order valence-corrected chi connectivity index (χ1v) is 6.25. The lowest BCUT2D eigenvalue weighted by atomic mass is 9.89. The number of halogens is 3. The molecule has 0 radical (unpaired) electrons. The molecule has 0 spiro atoms. The normalized spacial score (nSPS) is 26.6. The Morgan fingerprint density at radius 1 is 1.18 bits per heavy atom. The highest BCUT2D eigenvalue weighted by Crippen LogP contribution is 2.26. The summed E-state index contributed by atoms with van der Waals surface area (Å²) in [6, 6.07) is -0.157. The minimum absolute atomic E-state index is 0.0118. The van der Waals surface area contributed by atoms with E-state index in [4.69, 9.17) is 5.73 Å². The number of rotatable bonds is 4. The van der Waals surface area contributed by atoms with Gasteiger partial charge in [-0.05, 0) is 19.3 Å². The van der Waals surface area contributed by atoms with Crippen LogP contribution in [0.4, 0.5) is 13.2 Å². The van der Waals surface area contributed by atoms with Crippen LogP contribution in [-0.4, -0.2) is 18.0 Å². The number of hydrogen-bond donors (Lipinski definition) is 1. The van der Waals surface area contributed by atoms with Crippen LogP contribution in [0.1, 0.15) is 51.4 Å². The van der Waals surface area contributed by atoms with Gasteiger partial charge in [-0.2, -0.15) is 13.2 Å². The number of alkyl halides is 3. The van der Waals surface area contributed by atoms with E-state index >= 15 is 0 Å². The lowest BCUT2D eigenvalue weighted by Gasteiger charge is -2.20. The van der Waals surface area contributed by atoms with Crippen molar-refractivity contribution >= 4 is 5.78 Å². The molecule has 1 aliphatic rings. The van der Waals surface area contributed by atoms with Crippen LogP contribution in [0.5, 0.6) is 0 Å². The predicted molar refractivity (Wildman–Crippen MR) is 59.5 cm³/mol. The standard InChI is InChI=1S/C12H20F3NO/c13-12(14,15)8-4-7-11(17)9-5-2-1-3-6-10(9)16/h9-10H,1-8,16H2. The first kappa shape index (κ1) is 14.5. The summed E-state index contributed by atoms with van der Waals surface area (Å²) in [5, 5.41) is 0. The molecular weight excluding hydrogens is 231 g/mol. The average molecular weight is 251 g/mol. The molecule has 0 aromatic heterocycles. The molecule has 2 atom stereocenters. The molecule has 100 valence electrons. The van der Waals surface area contributed by atoms with Crippen molar-refractivity contribution in [2.75, 3.05) is 0 Å². The molecule has 1 aliphatic carbocycles. The number of ketones is 1. The summed E-state index contributed by atoms with van der Waals surface area (Å²) in [5.74, 6) is -0.297. The lowest BCUT2D eigenvalue weighted by Crippen LogP contribution is -2.34. The number of carbonyl (C=O) groups is 1. The van der Waals surface area contributed by atoms with Crippen LogP contribution in [-0.2, 0) is 4.79 Å². The van der Waals surface area contributed by atoms with Crippen molar-refractivity contribution in [1.82, 2.24) is 0 Å². The molecular formula is C12H20F3NO. The van der Waals surface area contributed by atoms with Gasteiger partial charge in [-0.15, -0.1) is 0 Å². The fourth-order valence-corrected chi connectivity index (χ4v) is 2.38. The zero-order valence-electron chi connectivity index (χ0n) is 9.93. The summed E-state index contributed by atoms with van der Waals surface area (Å²) in [6.45, 7) is 0. The summed E-state index contributed by atoms with van der Waals surface area (Å²) in [5.41, 5.74) is 5.89. The minimum Gasteiger partial charge on any atom is -0.327 e. The summed E-state index contributed by atoms with van der Waals surface area (Å²) >= 11 is 0. The van der Waals surface area contributed by atoms with E-state index in [9.17, 15) is 18.0 Å². The number of Topliss-reactive ketones (excluding diaryl/α,β-unsaturated/α-hetero) is 1. The zero-order chi connectivity index (χ0) is 12.9. The second kappa shape index (κ2) is 6.38. The van der Waals surface area contributed by atoms with Crippen LogP contribution in [0.25, 0.3) is 0 Å². The van der Waals surface area contributed by atoms with Crippen LogP contribution in [0.3, 0.4) is 0 Å². The molecule has 2 unspecified atom stereocenters. The average Bonchev–Trinajstić information content (AvgIpc) is 2.40. The Balaban J connectivity index is 2.35. The molecule has 1 rings (SSSR count). The molecule has 1 fully saturated rings. The van der Waals surface area contributed by atoms with Crippen LogP contribution >= 0.6 is 0 Å². The number of hydrogen-bond acceptors (Lipinski definition) is 2. The van der Waals surface area contributed by atoms with E-state index in [2.05, 4.69) is 0 Å². The Kier molecular flexibility index (Phi) is 5.43. The Hall–Kier alpha value is -0.580. The Morgan fingerprint density at radius 3 is 2.47 bits per heavy atom. The molecule has 0 bridgehead atoms. The van der Waals surface area contributed by atoms with Gasteiger partial charge in [-0.25, -0.2) is 0 Å². The van der Waals surface area contributed by atoms with Gasteiger partial charge in [0, 0.05) is 24.8 Å². The number of nitrogens with two attached hydrogens (primary N) is 1. The van der Waals surface area contributed by atoms with Gasteiger partial charge in [-0.1, -0.05) is 19.3 Å². The van der Waals surface area contributed by atoms with E-state index in [1.807, 2.05) is 0 Å². The van der Waals surface area contributed by atoms with Crippen molar-refractivity contribution in [3.8, 4) is 0 Å². The Morgan fingerprint density at radius 2 is 1.82 bits per heavy atom. The molecule has 17 heavy (non-hydrogen) atoms. The van der Waals surface area contributed by atoms with Crippen LogP contribution in [0, 0.1) is 5.92 Å². The molecule has 2 N–H and O–H groups in total. The second-order valence-electron chi connectivity index (χ2n) is 4.84. The van der Waals surface area contributed by atoms with Crippen LogP contribution < -0.4 is 5.73 Å². The first-order chi connectivity index (χ1) is 7.90. The van der Waals surface area contributed by atoms with Crippen molar-refractivity contribution in [2.24, 2.45) is 11.7 Å². The van der Waals surface area contributed by atoms with E-state index in [0.29, 0.717) is 0 Å². The maximum absolute atomic E-state index is 12.0. The highest BCUT2D eigenvalue weighted by molar-refractivity contribution is 5.81. The van der Waals surface area contributed by atoms with Crippen molar-refractivity contribution in [3.05, 3.63) is 0 Å². The Labute approximate surface area is 99.7 Å². The second-order valence-corrected chi connectivity index (χ2v) is 4.84. The zero-order valence-corrected chi connectivity index (χ0v) is 9.93. The lowest BCUT2D eigenvalue weighted by molar-refractivity contribution is -0.137. The molecule has 1 saturated carbocycles. The summed E-state index contributed by atoms with van der Waals surface area (Å²) in [7, 11) is 0. The maximum atomic E-state index is 12.0. The van der Waals surface area contributed by atoms with E-state index in [-0.39, 0.29) is 30.6 Å². The SMILES string of the molecule is NC1CCCCCC1C(=O)CCCC(F)(F)F. The van der Waals surface area contributed by atoms with E-state index in [0.717, 1.165) is 32.1 Å². The maximum Gasteiger partial charge on any atom is 0.389 e. The third-order valence-electron chi connectivity index (χ3n) is 3.37. The molecule has 0 aliphatic heterocycles. The van der Waals surface area contributed by atoms with Gasteiger partial charge in [0.15, 0.2) is 0 Å². The molecule has 0 heterocycles. The third-order valence-corrected chi connectivity index (χ3v) is 3.37. The van der Waals surface area contributed by atoms with Crippen molar-refractivity contribution in [1.29, 1.82) is 0 Å². The summed E-state index contributed by atoms with van der Waals surface area (Å²) in [6.07, 6.45) is -0.519. The predicted octanol–water partition coefficient (Wildman–Crippen LogP) is 3.20. The molecule has 0 saturated heterocycles. The largest absolute Gasteiger partial charge is 0.389 e. The highest BCUT2D eigenvalue weighted by atomic mass is 19.4. The number of carbonyl (C=O) groups excluding carboxylic acids is 1. The van der Waals surface area contributed by atoms with Crippen LogP contribution in [0.2, 0.25) is 0 Å². The molecule has 5 heteroatoms. The minimum atomic E-state index is -4.16. The van der Waals surface area contributed by atoms with E-state index in [1.165, 1.54) is 0 Å². The molecule has 0 amide bonds. The molecule has 2 nitrogen and oxygen atoms in total. The van der Waals surface area contributed by atoms with Gasteiger partial charge in [0.05, 0.1) is 0 Å². The topological polar surface area (TPSA) is 43.1 Å². The van der Waals surface area contributed by atoms with Gasteiger partial charge in [0.2, 0.25) is 0 Å². The molecule has 0 aromatic carbocycles. The fourth-order valence-electron chi connectivity index (χ4n) is 2.38.